The topological polar surface area (TPSA) is 117 Å². The number of hydrogen-bond donors (Lipinski definition) is 4. The van der Waals surface area contributed by atoms with Gasteiger partial charge in [-0.1, -0.05) is 6.92 Å². The van der Waals surface area contributed by atoms with Crippen LogP contribution in [0.5, 0.6) is 0 Å². The van der Waals surface area contributed by atoms with Gasteiger partial charge in [-0.3, -0.25) is 4.90 Å². The van der Waals surface area contributed by atoms with E-state index in [4.69, 9.17) is 26.2 Å². The van der Waals surface area contributed by atoms with Crippen molar-refractivity contribution in [3.8, 4) is 0 Å². The monoisotopic (exact) mass is 482 g/mol. The van der Waals surface area contributed by atoms with Gasteiger partial charge < -0.3 is 30.4 Å². The zero-order valence-corrected chi connectivity index (χ0v) is 21.0. The van der Waals surface area contributed by atoms with Crippen LogP contribution in [0.15, 0.2) is 18.0 Å². The Hall–Kier alpha value is -1.20. The van der Waals surface area contributed by atoms with Crippen molar-refractivity contribution in [2.75, 3.05) is 52.7 Å². The number of nitrogens with two attached hydrogens (primary N) is 2. The lowest BCUT2D eigenvalue weighted by molar-refractivity contribution is -0.0729. The third-order valence-corrected chi connectivity index (χ3v) is 8.14. The van der Waals surface area contributed by atoms with E-state index in [-0.39, 0.29) is 19.8 Å². The number of aliphatic hydroxyl groups excluding tert-OH is 2. The number of hydrazine groups is 1. The van der Waals surface area contributed by atoms with Crippen molar-refractivity contribution in [2.24, 2.45) is 11.6 Å². The Labute approximate surface area is 202 Å². The van der Waals surface area contributed by atoms with E-state index >= 15 is 0 Å². The molecule has 3 atom stereocenters. The van der Waals surface area contributed by atoms with Crippen molar-refractivity contribution < 1.29 is 19.7 Å². The second kappa shape index (κ2) is 12.5. The summed E-state index contributed by atoms with van der Waals surface area (Å²) in [6.07, 6.45) is 6.54. The predicted molar refractivity (Wildman–Crippen MR) is 132 cm³/mol. The quantitative estimate of drug-likeness (QED) is 0.262. The number of likely N-dealkylation sites (tertiary alicyclic amines) is 1. The van der Waals surface area contributed by atoms with Crippen LogP contribution < -0.4 is 11.6 Å². The Morgan fingerprint density at radius 2 is 2.24 bits per heavy atom. The number of thiophene rings is 1. The van der Waals surface area contributed by atoms with Crippen molar-refractivity contribution in [3.63, 3.8) is 0 Å². The number of rotatable bonds is 12. The molecule has 3 unspecified atom stereocenters. The highest BCUT2D eigenvalue weighted by Gasteiger charge is 2.37. The standard InChI is InChI=1S/C24H42N4O4S/c1-3-21-13-22(23(33-21)5-8-29)19-4-7-27(18(2)12-19)14-20(25)15-28(26)16-24(32-11-9-30)6-10-31-17-24/h13,15,18-19,29-30H,3-12,14,16-17,25-26H2,1-2H3/b20-15-. The lowest BCUT2D eigenvalue weighted by Crippen LogP contribution is -2.48. The first-order valence-corrected chi connectivity index (χ1v) is 13.0. The summed E-state index contributed by atoms with van der Waals surface area (Å²) in [6, 6.07) is 2.78. The average molecular weight is 483 g/mol. The molecule has 0 aliphatic carbocycles. The number of aryl methyl sites for hydroxylation is 1. The molecule has 1 aromatic rings. The predicted octanol–water partition coefficient (Wildman–Crippen LogP) is 1.56. The van der Waals surface area contributed by atoms with Crippen LogP contribution >= 0.6 is 11.3 Å². The van der Waals surface area contributed by atoms with E-state index in [1.54, 1.807) is 11.2 Å². The highest BCUT2D eigenvalue weighted by atomic mass is 32.1. The van der Waals surface area contributed by atoms with E-state index in [1.807, 2.05) is 11.3 Å². The van der Waals surface area contributed by atoms with Crippen molar-refractivity contribution in [1.82, 2.24) is 9.91 Å². The Balaban J connectivity index is 1.55. The molecule has 6 N–H and O–H groups in total. The molecule has 3 rings (SSSR count). The highest BCUT2D eigenvalue weighted by Crippen LogP contribution is 2.37. The minimum absolute atomic E-state index is 0.0230. The lowest BCUT2D eigenvalue weighted by atomic mass is 9.85. The van der Waals surface area contributed by atoms with Crippen LogP contribution in [-0.4, -0.2) is 84.4 Å². The largest absolute Gasteiger partial charge is 0.400 e. The Bertz CT molecular complexity index is 766. The van der Waals surface area contributed by atoms with Crippen molar-refractivity contribution in [1.29, 1.82) is 0 Å². The smallest absolute Gasteiger partial charge is 0.113 e. The molecule has 8 nitrogen and oxygen atoms in total. The molecule has 2 aliphatic heterocycles. The third-order valence-electron chi connectivity index (χ3n) is 6.79. The molecule has 0 amide bonds. The van der Waals surface area contributed by atoms with Gasteiger partial charge in [0.1, 0.15) is 5.60 Å². The summed E-state index contributed by atoms with van der Waals surface area (Å²) in [4.78, 5) is 5.18. The molecule has 0 radical (unpaired) electrons. The second-order valence-corrected chi connectivity index (χ2v) is 10.6. The van der Waals surface area contributed by atoms with Gasteiger partial charge >= 0.3 is 0 Å². The lowest BCUT2D eigenvalue weighted by Gasteiger charge is -2.38. The molecule has 2 aliphatic rings. The molecule has 3 heterocycles. The first-order chi connectivity index (χ1) is 15.9. The molecule has 0 spiro atoms. The van der Waals surface area contributed by atoms with Gasteiger partial charge in [-0.2, -0.15) is 0 Å². The Kier molecular flexibility index (Phi) is 9.99. The summed E-state index contributed by atoms with van der Waals surface area (Å²) in [7, 11) is 0. The van der Waals surface area contributed by atoms with E-state index < -0.39 is 5.60 Å². The van der Waals surface area contributed by atoms with Crippen LogP contribution in [0.4, 0.5) is 0 Å². The summed E-state index contributed by atoms with van der Waals surface area (Å²) in [5.74, 6) is 6.79. The van der Waals surface area contributed by atoms with Gasteiger partial charge in [0.2, 0.25) is 0 Å². The zero-order chi connectivity index (χ0) is 23.8. The average Bonchev–Trinajstić information content (AvgIpc) is 3.41. The van der Waals surface area contributed by atoms with Crippen LogP contribution in [0.25, 0.3) is 0 Å². The molecule has 188 valence electrons. The van der Waals surface area contributed by atoms with E-state index in [0.29, 0.717) is 38.3 Å². The molecule has 2 fully saturated rings. The maximum Gasteiger partial charge on any atom is 0.113 e. The molecular weight excluding hydrogens is 440 g/mol. The maximum absolute atomic E-state index is 9.48. The molecular formula is C24H42N4O4S. The maximum atomic E-state index is 9.48. The van der Waals surface area contributed by atoms with E-state index in [9.17, 15) is 5.11 Å². The van der Waals surface area contributed by atoms with Crippen LogP contribution in [0, 0.1) is 0 Å². The van der Waals surface area contributed by atoms with Crippen LogP contribution in [-0.2, 0) is 22.3 Å². The van der Waals surface area contributed by atoms with E-state index in [2.05, 4.69) is 24.8 Å². The molecule has 33 heavy (non-hydrogen) atoms. The molecule has 0 aromatic carbocycles. The van der Waals surface area contributed by atoms with Crippen LogP contribution in [0.2, 0.25) is 0 Å². The van der Waals surface area contributed by atoms with Crippen LogP contribution in [0.3, 0.4) is 0 Å². The summed E-state index contributed by atoms with van der Waals surface area (Å²) in [6.45, 7) is 8.16. The summed E-state index contributed by atoms with van der Waals surface area (Å²) >= 11 is 1.86. The first-order valence-electron chi connectivity index (χ1n) is 12.2. The van der Waals surface area contributed by atoms with Gasteiger partial charge in [-0.05, 0) is 50.3 Å². The fourth-order valence-electron chi connectivity index (χ4n) is 5.06. The highest BCUT2D eigenvalue weighted by molar-refractivity contribution is 7.12. The fourth-order valence-corrected chi connectivity index (χ4v) is 6.24. The molecule has 9 heteroatoms. The fraction of sp³-hybridized carbons (Fsp3) is 0.750. The second-order valence-electron chi connectivity index (χ2n) is 9.39. The van der Waals surface area contributed by atoms with E-state index in [0.717, 1.165) is 44.3 Å². The van der Waals surface area contributed by atoms with Gasteiger partial charge in [0.05, 0.1) is 26.4 Å². The van der Waals surface area contributed by atoms with Gasteiger partial charge in [-0.25, -0.2) is 5.84 Å². The zero-order valence-electron chi connectivity index (χ0n) is 20.2. The van der Waals surface area contributed by atoms with Gasteiger partial charge in [0.25, 0.3) is 0 Å². The van der Waals surface area contributed by atoms with Gasteiger partial charge in [-0.15, -0.1) is 11.3 Å². The number of ether oxygens (including phenoxy) is 2. The van der Waals surface area contributed by atoms with E-state index in [1.165, 1.54) is 15.3 Å². The number of hydrogen-bond acceptors (Lipinski definition) is 9. The number of aliphatic hydroxyl groups is 2. The van der Waals surface area contributed by atoms with Gasteiger partial charge in [0.15, 0.2) is 0 Å². The number of piperidine rings is 1. The number of nitrogens with zero attached hydrogens (tertiary/aromatic N) is 2. The van der Waals surface area contributed by atoms with Crippen molar-refractivity contribution >= 4 is 11.3 Å². The van der Waals surface area contributed by atoms with Crippen LogP contribution in [0.1, 0.15) is 54.3 Å². The summed E-state index contributed by atoms with van der Waals surface area (Å²) in [5, 5.41) is 20.2. The summed E-state index contributed by atoms with van der Waals surface area (Å²) < 4.78 is 11.4. The minimum Gasteiger partial charge on any atom is -0.400 e. The van der Waals surface area contributed by atoms with Crippen molar-refractivity contribution in [2.45, 2.75) is 63.5 Å². The minimum atomic E-state index is -0.496. The SMILES string of the molecule is CCc1cc(C2CCN(C/C(N)=C/N(N)CC3(OCCO)CCOC3)C(C)C2)c(CCO)s1. The molecule has 2 saturated heterocycles. The summed E-state index contributed by atoms with van der Waals surface area (Å²) in [5.41, 5.74) is 8.05. The molecule has 0 saturated carbocycles. The van der Waals surface area contributed by atoms with Gasteiger partial charge in [0, 0.05) is 60.3 Å². The molecule has 1 aromatic heterocycles. The Morgan fingerprint density at radius 3 is 2.88 bits per heavy atom. The van der Waals surface area contributed by atoms with Crippen molar-refractivity contribution in [3.05, 3.63) is 33.3 Å². The third kappa shape index (κ3) is 7.14. The Morgan fingerprint density at radius 1 is 1.42 bits per heavy atom. The first kappa shape index (κ1) is 26.4. The molecule has 0 bridgehead atoms. The normalized spacial score (nSPS) is 26.8.